The minimum absolute atomic E-state index is 0.0639. The van der Waals surface area contributed by atoms with Gasteiger partial charge < -0.3 is 19.1 Å². The average Bonchev–Trinajstić information content (AvgIpc) is 3.53. The summed E-state index contributed by atoms with van der Waals surface area (Å²) in [7, 11) is 6.30. The summed E-state index contributed by atoms with van der Waals surface area (Å²) in [5.41, 5.74) is 9.51. The fourth-order valence-corrected chi connectivity index (χ4v) is 8.41. The second-order valence-corrected chi connectivity index (χ2v) is 14.8. The molecule has 0 bridgehead atoms. The summed E-state index contributed by atoms with van der Waals surface area (Å²) in [5.74, 6) is 7.20. The second-order valence-electron chi connectivity index (χ2n) is 14.4. The van der Waals surface area contributed by atoms with E-state index in [0.717, 1.165) is 65.2 Å². The van der Waals surface area contributed by atoms with Gasteiger partial charge in [-0.3, -0.25) is 0 Å². The molecule has 0 aliphatic carbocycles. The lowest BCUT2D eigenvalue weighted by atomic mass is 9.82. The fourth-order valence-electron chi connectivity index (χ4n) is 8.25. The number of halogens is 1. The summed E-state index contributed by atoms with van der Waals surface area (Å²) in [6, 6.07) is 16.2. The molecule has 7 heterocycles. The maximum atomic E-state index is 11.8. The highest BCUT2D eigenvalue weighted by Gasteiger charge is 2.37. The Morgan fingerprint density at radius 3 is 2.46 bits per heavy atom. The normalized spacial score (nSPS) is 19.2. The predicted molar refractivity (Wildman–Crippen MR) is 195 cm³/mol. The van der Waals surface area contributed by atoms with E-state index in [1.807, 2.05) is 56.4 Å². The Morgan fingerprint density at radius 1 is 0.940 bits per heavy atom. The number of benzene rings is 1. The molecule has 10 heteroatoms. The van der Waals surface area contributed by atoms with Crippen LogP contribution in [0.3, 0.4) is 0 Å². The lowest BCUT2D eigenvalue weighted by Gasteiger charge is -2.36. The molecule has 3 atom stereocenters. The van der Waals surface area contributed by atoms with Gasteiger partial charge in [-0.1, -0.05) is 53.8 Å². The number of pyridine rings is 2. The van der Waals surface area contributed by atoms with E-state index >= 15 is 0 Å². The first-order chi connectivity index (χ1) is 24.1. The molecule has 2 aliphatic rings. The first-order valence-corrected chi connectivity index (χ1v) is 17.6. The molecule has 0 fully saturated rings. The summed E-state index contributed by atoms with van der Waals surface area (Å²) in [6.45, 7) is 7.89. The van der Waals surface area contributed by atoms with Gasteiger partial charge in [0.15, 0.2) is 18.0 Å². The van der Waals surface area contributed by atoms with Gasteiger partial charge in [0.1, 0.15) is 11.2 Å². The van der Waals surface area contributed by atoms with Crippen molar-refractivity contribution in [3.63, 3.8) is 0 Å². The molecule has 0 saturated heterocycles. The average molecular weight is 686 g/mol. The number of hydrogen-bond donors (Lipinski definition) is 1. The van der Waals surface area contributed by atoms with Crippen molar-refractivity contribution in [1.29, 1.82) is 0 Å². The number of likely N-dealkylation sites (N-methyl/N-ethyl adjacent to an activating group) is 1. The Balaban J connectivity index is 1.05. The van der Waals surface area contributed by atoms with E-state index in [-0.39, 0.29) is 11.8 Å². The summed E-state index contributed by atoms with van der Waals surface area (Å²) in [5, 5.41) is 13.5. The topological polar surface area (TPSA) is 79.1 Å². The summed E-state index contributed by atoms with van der Waals surface area (Å²) >= 11 is 6.33. The SMILES string of the molecule is Cc1cnc2c(n1)c1c(n2C)C(CC(C)(O)c2ccccc2)CN(C[n+]2ccc(C#CC3CN(C)Cc4c3n(C)c3ncc(Cl)cc43)cc2)C1. The monoisotopic (exact) mass is 685 g/mol. The number of rotatable bonds is 5. The van der Waals surface area contributed by atoms with E-state index in [2.05, 4.69) is 86.0 Å². The van der Waals surface area contributed by atoms with Crippen molar-refractivity contribution in [2.24, 2.45) is 14.1 Å². The molecule has 50 heavy (non-hydrogen) atoms. The second kappa shape index (κ2) is 12.6. The Hall–Kier alpha value is -4.59. The van der Waals surface area contributed by atoms with Crippen LogP contribution in [0.2, 0.25) is 5.02 Å². The molecule has 1 aromatic carbocycles. The number of aryl methyl sites for hydroxylation is 3. The Kier molecular flexibility index (Phi) is 8.23. The highest BCUT2D eigenvalue weighted by atomic mass is 35.5. The molecule has 0 radical (unpaired) electrons. The maximum Gasteiger partial charge on any atom is 0.204 e. The minimum Gasteiger partial charge on any atom is -0.385 e. The molecule has 0 saturated carbocycles. The molecule has 9 nitrogen and oxygen atoms in total. The van der Waals surface area contributed by atoms with Crippen molar-refractivity contribution < 1.29 is 9.67 Å². The predicted octanol–water partition coefficient (Wildman–Crippen LogP) is 5.54. The molecule has 6 aromatic rings. The van der Waals surface area contributed by atoms with Crippen molar-refractivity contribution in [3.05, 3.63) is 118 Å². The van der Waals surface area contributed by atoms with Crippen LogP contribution in [0, 0.1) is 18.8 Å². The van der Waals surface area contributed by atoms with Gasteiger partial charge in [0.2, 0.25) is 6.67 Å². The van der Waals surface area contributed by atoms with Gasteiger partial charge in [0.05, 0.1) is 28.4 Å². The molecule has 1 N–H and O–H groups in total. The number of hydrogen-bond acceptors (Lipinski definition) is 6. The molecule has 3 unspecified atom stereocenters. The van der Waals surface area contributed by atoms with Crippen LogP contribution in [-0.4, -0.2) is 59.1 Å². The number of aliphatic hydroxyl groups is 1. The first-order valence-electron chi connectivity index (χ1n) is 17.2. The standard InChI is InChI=1S/C40H42ClN8O/c1-26-19-42-39-35(44-26)34-24-49(22-29(37(34)47(39)5)18-40(2,50)30-9-7-6-8-10-30)25-48-15-13-27(14-16-48)11-12-28-21-45(3)23-33-32-17-31(41)20-43-38(32)46(4)36(28)33/h6-10,13-17,19-20,28-29,50H,18,21-25H2,1-5H3/q+1. The third-order valence-corrected chi connectivity index (χ3v) is 10.7. The third kappa shape index (κ3) is 5.86. The van der Waals surface area contributed by atoms with Crippen LogP contribution >= 0.6 is 11.6 Å². The van der Waals surface area contributed by atoms with Crippen molar-refractivity contribution in [3.8, 4) is 11.8 Å². The van der Waals surface area contributed by atoms with Crippen LogP contribution < -0.4 is 4.57 Å². The van der Waals surface area contributed by atoms with E-state index in [0.29, 0.717) is 18.1 Å². The highest BCUT2D eigenvalue weighted by Crippen LogP contribution is 2.41. The van der Waals surface area contributed by atoms with E-state index in [9.17, 15) is 5.11 Å². The van der Waals surface area contributed by atoms with Gasteiger partial charge in [0.25, 0.3) is 0 Å². The van der Waals surface area contributed by atoms with Crippen LogP contribution in [0.25, 0.3) is 22.2 Å². The molecule has 2 aliphatic heterocycles. The van der Waals surface area contributed by atoms with Crippen LogP contribution in [0.5, 0.6) is 0 Å². The van der Waals surface area contributed by atoms with Gasteiger partial charge in [-0.05, 0) is 44.5 Å². The van der Waals surface area contributed by atoms with Gasteiger partial charge in [-0.15, -0.1) is 0 Å². The van der Waals surface area contributed by atoms with Crippen molar-refractivity contribution >= 4 is 33.8 Å². The zero-order valence-electron chi connectivity index (χ0n) is 29.2. The van der Waals surface area contributed by atoms with E-state index in [4.69, 9.17) is 21.6 Å². The van der Waals surface area contributed by atoms with Crippen molar-refractivity contribution in [2.75, 3.05) is 20.1 Å². The van der Waals surface area contributed by atoms with E-state index in [1.54, 1.807) is 6.20 Å². The fraction of sp³-hybridized carbons (Fsp3) is 0.350. The Labute approximate surface area is 297 Å². The lowest BCUT2D eigenvalue weighted by molar-refractivity contribution is -0.716. The quantitative estimate of drug-likeness (QED) is 0.190. The van der Waals surface area contributed by atoms with Crippen molar-refractivity contribution in [2.45, 2.75) is 57.5 Å². The van der Waals surface area contributed by atoms with Crippen LogP contribution in [-0.2, 0) is 39.5 Å². The molecular weight excluding hydrogens is 644 g/mol. The zero-order valence-corrected chi connectivity index (χ0v) is 30.0. The number of aromatic nitrogens is 6. The number of fused-ring (bicyclic) bond motifs is 6. The number of nitrogens with zero attached hydrogens (tertiary/aromatic N) is 8. The van der Waals surface area contributed by atoms with E-state index in [1.165, 1.54) is 22.5 Å². The summed E-state index contributed by atoms with van der Waals surface area (Å²) < 4.78 is 6.58. The van der Waals surface area contributed by atoms with Gasteiger partial charge in [-0.2, -0.15) is 4.57 Å². The van der Waals surface area contributed by atoms with Crippen LogP contribution in [0.1, 0.15) is 64.5 Å². The summed E-state index contributed by atoms with van der Waals surface area (Å²) in [4.78, 5) is 19.1. The maximum absolute atomic E-state index is 11.8. The zero-order chi connectivity index (χ0) is 34.7. The molecule has 8 rings (SSSR count). The molecule has 254 valence electrons. The van der Waals surface area contributed by atoms with Crippen molar-refractivity contribution in [1.82, 2.24) is 33.9 Å². The lowest BCUT2D eigenvalue weighted by Crippen LogP contribution is -2.47. The minimum atomic E-state index is -0.990. The summed E-state index contributed by atoms with van der Waals surface area (Å²) in [6.07, 6.45) is 8.36. The van der Waals surface area contributed by atoms with Crippen LogP contribution in [0.4, 0.5) is 0 Å². The van der Waals surface area contributed by atoms with E-state index < -0.39 is 5.60 Å². The first kappa shape index (κ1) is 32.6. The third-order valence-electron chi connectivity index (χ3n) is 10.5. The van der Waals surface area contributed by atoms with Gasteiger partial charge in [-0.25, -0.2) is 19.9 Å². The van der Waals surface area contributed by atoms with Gasteiger partial charge >= 0.3 is 0 Å². The molecule has 5 aromatic heterocycles. The molecule has 0 amide bonds. The molecular formula is C40H42ClN8O+. The smallest absolute Gasteiger partial charge is 0.204 e. The highest BCUT2D eigenvalue weighted by molar-refractivity contribution is 6.31. The Bertz CT molecular complexity index is 2300. The molecule has 0 spiro atoms. The van der Waals surface area contributed by atoms with Gasteiger partial charge in [0, 0.05) is 92.4 Å². The Morgan fingerprint density at radius 2 is 1.68 bits per heavy atom. The largest absolute Gasteiger partial charge is 0.385 e. The van der Waals surface area contributed by atoms with Crippen LogP contribution in [0.15, 0.2) is 73.3 Å².